The number of carbonyl (C=O) groups is 1. The SMILES string of the molecule is C=C(C)c1cc(-c2ccc(N3CCC(Cc4nc(C)c(OCc5ccccc5)c(C(=O)O)n4)CC3)cc2)ccc1CO. The standard InChI is InChI=1S/C35H37N3O4/c1-23(2)31-20-28(9-10-29(31)21-39)27-11-13-30(14-12-27)38-17-15-25(16-18-38)19-32-36-24(3)34(33(37-32)35(40)41)42-22-26-7-5-4-6-8-26/h4-14,20,25,39H,1,15-19,21-22H2,2-3H3,(H,40,41). The Morgan fingerprint density at radius 2 is 1.69 bits per heavy atom. The molecule has 7 heteroatoms. The number of aryl methyl sites for hydroxylation is 1. The van der Waals surface area contributed by atoms with Crippen LogP contribution in [0.3, 0.4) is 0 Å². The fourth-order valence-electron chi connectivity index (χ4n) is 5.57. The number of aromatic carboxylic acids is 1. The van der Waals surface area contributed by atoms with Gasteiger partial charge in [0.2, 0.25) is 0 Å². The van der Waals surface area contributed by atoms with Gasteiger partial charge in [-0.1, -0.05) is 66.7 Å². The van der Waals surface area contributed by atoms with Gasteiger partial charge in [-0.15, -0.1) is 0 Å². The summed E-state index contributed by atoms with van der Waals surface area (Å²) in [7, 11) is 0. The Kier molecular flexibility index (Phi) is 8.98. The van der Waals surface area contributed by atoms with Crippen molar-refractivity contribution in [2.45, 2.75) is 46.3 Å². The third-order valence-corrected chi connectivity index (χ3v) is 7.90. The minimum Gasteiger partial charge on any atom is -0.484 e. The summed E-state index contributed by atoms with van der Waals surface area (Å²) < 4.78 is 5.86. The third-order valence-electron chi connectivity index (χ3n) is 7.90. The number of hydrogen-bond acceptors (Lipinski definition) is 6. The summed E-state index contributed by atoms with van der Waals surface area (Å²) in [6.07, 6.45) is 2.59. The molecule has 4 aromatic rings. The van der Waals surface area contributed by atoms with Gasteiger partial charge in [0, 0.05) is 25.2 Å². The molecule has 5 rings (SSSR count). The van der Waals surface area contributed by atoms with Crippen LogP contribution < -0.4 is 9.64 Å². The molecule has 7 nitrogen and oxygen atoms in total. The number of nitrogens with zero attached hydrogens (tertiary/aromatic N) is 3. The molecule has 216 valence electrons. The van der Waals surface area contributed by atoms with Gasteiger partial charge in [-0.25, -0.2) is 14.8 Å². The van der Waals surface area contributed by atoms with Crippen LogP contribution in [0.15, 0.2) is 79.4 Å². The second-order valence-electron chi connectivity index (χ2n) is 11.0. The van der Waals surface area contributed by atoms with Gasteiger partial charge in [-0.05, 0) is 78.6 Å². The number of anilines is 1. The smallest absolute Gasteiger partial charge is 0.358 e. The Morgan fingerprint density at radius 3 is 2.33 bits per heavy atom. The fraction of sp³-hybridized carbons (Fsp3) is 0.286. The summed E-state index contributed by atoms with van der Waals surface area (Å²) in [6, 6.07) is 24.3. The van der Waals surface area contributed by atoms with Gasteiger partial charge in [-0.3, -0.25) is 0 Å². The number of rotatable bonds is 10. The van der Waals surface area contributed by atoms with E-state index in [4.69, 9.17) is 4.74 Å². The summed E-state index contributed by atoms with van der Waals surface area (Å²) in [5, 5.41) is 19.5. The zero-order chi connectivity index (χ0) is 29.6. The lowest BCUT2D eigenvalue weighted by Gasteiger charge is -2.33. The molecule has 1 aliphatic heterocycles. The molecule has 0 aliphatic carbocycles. The topological polar surface area (TPSA) is 95.8 Å². The highest BCUT2D eigenvalue weighted by molar-refractivity contribution is 5.88. The van der Waals surface area contributed by atoms with E-state index in [0.717, 1.165) is 59.3 Å². The molecule has 3 aromatic carbocycles. The average molecular weight is 564 g/mol. The summed E-state index contributed by atoms with van der Waals surface area (Å²) in [4.78, 5) is 23.5. The second kappa shape index (κ2) is 13.0. The maximum absolute atomic E-state index is 12.0. The molecule has 1 aromatic heterocycles. The van der Waals surface area contributed by atoms with Crippen LogP contribution in [-0.4, -0.2) is 39.2 Å². The lowest BCUT2D eigenvalue weighted by Crippen LogP contribution is -2.34. The molecule has 2 heterocycles. The van der Waals surface area contributed by atoms with Crippen LogP contribution in [0, 0.1) is 12.8 Å². The van der Waals surface area contributed by atoms with E-state index in [9.17, 15) is 15.0 Å². The van der Waals surface area contributed by atoms with Gasteiger partial charge in [0.25, 0.3) is 0 Å². The molecule has 42 heavy (non-hydrogen) atoms. The first-order chi connectivity index (χ1) is 20.3. The number of aromatic nitrogens is 2. The van der Waals surface area contributed by atoms with Crippen molar-refractivity contribution in [3.63, 3.8) is 0 Å². The quantitative estimate of drug-likeness (QED) is 0.221. The molecule has 0 atom stereocenters. The van der Waals surface area contributed by atoms with Crippen molar-refractivity contribution < 1.29 is 19.7 Å². The van der Waals surface area contributed by atoms with Gasteiger partial charge in [0.1, 0.15) is 12.4 Å². The number of aliphatic hydroxyl groups is 1. The van der Waals surface area contributed by atoms with E-state index in [0.29, 0.717) is 23.9 Å². The van der Waals surface area contributed by atoms with Gasteiger partial charge < -0.3 is 19.8 Å². The summed E-state index contributed by atoms with van der Waals surface area (Å²) in [6.45, 7) is 9.89. The lowest BCUT2D eigenvalue weighted by molar-refractivity contribution is 0.0683. The number of piperidine rings is 1. The van der Waals surface area contributed by atoms with Crippen molar-refractivity contribution in [3.8, 4) is 16.9 Å². The van der Waals surface area contributed by atoms with E-state index < -0.39 is 5.97 Å². The van der Waals surface area contributed by atoms with Gasteiger partial charge in [0.05, 0.1) is 12.3 Å². The first kappa shape index (κ1) is 29.0. The highest BCUT2D eigenvalue weighted by atomic mass is 16.5. The number of hydrogen-bond donors (Lipinski definition) is 2. The Bertz CT molecular complexity index is 1560. The van der Waals surface area contributed by atoms with Crippen molar-refractivity contribution in [1.82, 2.24) is 9.97 Å². The van der Waals surface area contributed by atoms with E-state index in [2.05, 4.69) is 51.8 Å². The molecule has 0 bridgehead atoms. The van der Waals surface area contributed by atoms with Gasteiger partial charge >= 0.3 is 5.97 Å². The summed E-state index contributed by atoms with van der Waals surface area (Å²) in [5.41, 5.74) is 7.65. The van der Waals surface area contributed by atoms with Crippen molar-refractivity contribution in [2.75, 3.05) is 18.0 Å². The van der Waals surface area contributed by atoms with Crippen LogP contribution in [-0.2, 0) is 19.6 Å². The molecule has 1 saturated heterocycles. The zero-order valence-corrected chi connectivity index (χ0v) is 24.2. The van der Waals surface area contributed by atoms with Crippen LogP contribution in [0.1, 0.15) is 58.5 Å². The van der Waals surface area contributed by atoms with Crippen LogP contribution in [0.5, 0.6) is 5.75 Å². The van der Waals surface area contributed by atoms with Crippen molar-refractivity contribution in [3.05, 3.63) is 113 Å². The monoisotopic (exact) mass is 563 g/mol. The van der Waals surface area contributed by atoms with E-state index in [-0.39, 0.29) is 24.7 Å². The van der Waals surface area contributed by atoms with E-state index >= 15 is 0 Å². The minimum absolute atomic E-state index is 0.00169. The van der Waals surface area contributed by atoms with Crippen molar-refractivity contribution in [2.24, 2.45) is 5.92 Å². The number of aliphatic hydroxyl groups excluding tert-OH is 1. The Labute approximate surface area is 247 Å². The van der Waals surface area contributed by atoms with E-state index in [1.165, 1.54) is 5.69 Å². The maximum Gasteiger partial charge on any atom is 0.358 e. The molecule has 0 spiro atoms. The Hall–Kier alpha value is -4.49. The van der Waals surface area contributed by atoms with Crippen LogP contribution >= 0.6 is 0 Å². The van der Waals surface area contributed by atoms with Crippen LogP contribution in [0.25, 0.3) is 16.7 Å². The fourth-order valence-corrected chi connectivity index (χ4v) is 5.57. The maximum atomic E-state index is 12.0. The molecular weight excluding hydrogens is 526 g/mol. The zero-order valence-electron chi connectivity index (χ0n) is 24.2. The summed E-state index contributed by atoms with van der Waals surface area (Å²) in [5.74, 6) is 0.0567. The molecule has 0 radical (unpaired) electrons. The average Bonchev–Trinajstić information content (AvgIpc) is 3.01. The van der Waals surface area contributed by atoms with Gasteiger partial charge in [-0.2, -0.15) is 0 Å². The molecule has 1 aliphatic rings. The third kappa shape index (κ3) is 6.69. The largest absolute Gasteiger partial charge is 0.484 e. The second-order valence-corrected chi connectivity index (χ2v) is 11.0. The Balaban J connectivity index is 1.21. The van der Waals surface area contributed by atoms with Crippen molar-refractivity contribution in [1.29, 1.82) is 0 Å². The minimum atomic E-state index is -1.11. The first-order valence-electron chi connectivity index (χ1n) is 14.3. The molecule has 2 N–H and O–H groups in total. The number of allylic oxidation sites excluding steroid dienone is 1. The predicted octanol–water partition coefficient (Wildman–Crippen LogP) is 6.71. The Morgan fingerprint density at radius 1 is 1.00 bits per heavy atom. The number of ether oxygens (including phenoxy) is 1. The molecule has 0 saturated carbocycles. The molecule has 1 fully saturated rings. The summed E-state index contributed by atoms with van der Waals surface area (Å²) >= 11 is 0. The number of carboxylic acid groups (broad SMARTS) is 1. The normalized spacial score (nSPS) is 13.6. The highest BCUT2D eigenvalue weighted by Gasteiger charge is 2.24. The highest BCUT2D eigenvalue weighted by Crippen LogP contribution is 2.31. The first-order valence-corrected chi connectivity index (χ1v) is 14.3. The molecule has 0 unspecified atom stereocenters. The van der Waals surface area contributed by atoms with E-state index in [1.54, 1.807) is 6.92 Å². The number of carboxylic acids is 1. The van der Waals surface area contributed by atoms with Gasteiger partial charge in [0.15, 0.2) is 11.4 Å². The number of benzene rings is 3. The lowest BCUT2D eigenvalue weighted by atomic mass is 9.92. The van der Waals surface area contributed by atoms with Crippen molar-refractivity contribution >= 4 is 17.2 Å². The van der Waals surface area contributed by atoms with Crippen LogP contribution in [0.4, 0.5) is 5.69 Å². The molecular formula is C35H37N3O4. The predicted molar refractivity (Wildman–Crippen MR) is 166 cm³/mol. The van der Waals surface area contributed by atoms with E-state index in [1.807, 2.05) is 49.4 Å². The van der Waals surface area contributed by atoms with Crippen LogP contribution in [0.2, 0.25) is 0 Å². The molecule has 0 amide bonds.